The van der Waals surface area contributed by atoms with E-state index in [1.54, 1.807) is 17.0 Å². The number of alkyl halides is 3. The lowest BCUT2D eigenvalue weighted by Gasteiger charge is -2.23. The van der Waals surface area contributed by atoms with Crippen LogP contribution in [0.25, 0.3) is 5.69 Å². The van der Waals surface area contributed by atoms with Gasteiger partial charge in [-0.3, -0.25) is 4.79 Å². The molecule has 0 radical (unpaired) electrons. The minimum Gasteiger partial charge on any atom is -0.370 e. The third kappa shape index (κ3) is 4.59. The predicted octanol–water partition coefficient (Wildman–Crippen LogP) is 4.12. The molecule has 0 spiro atoms. The number of halogens is 3. The summed E-state index contributed by atoms with van der Waals surface area (Å²) in [6.07, 6.45) is -2.20. The molecule has 0 unspecified atom stereocenters. The van der Waals surface area contributed by atoms with Crippen LogP contribution in [0.2, 0.25) is 0 Å². The molecule has 2 aromatic carbocycles. The molecule has 1 aliphatic rings. The zero-order chi connectivity index (χ0) is 22.7. The minimum atomic E-state index is -4.45. The van der Waals surface area contributed by atoms with E-state index in [2.05, 4.69) is 16.1 Å². The van der Waals surface area contributed by atoms with E-state index in [9.17, 15) is 18.0 Å². The van der Waals surface area contributed by atoms with Crippen molar-refractivity contribution >= 4 is 11.6 Å². The van der Waals surface area contributed by atoms with E-state index in [1.807, 2.05) is 12.1 Å². The number of carbonyl (C=O) groups excluding carboxylic acids is 1. The molecule has 32 heavy (non-hydrogen) atoms. The first-order valence-corrected chi connectivity index (χ1v) is 10.1. The van der Waals surface area contributed by atoms with Crippen molar-refractivity contribution in [2.75, 3.05) is 31.1 Å². The molecule has 1 saturated heterocycles. The second-order valence-corrected chi connectivity index (χ2v) is 7.49. The molecule has 1 fully saturated rings. The Morgan fingerprint density at radius 2 is 1.75 bits per heavy atom. The molecule has 0 aliphatic carbocycles. The summed E-state index contributed by atoms with van der Waals surface area (Å²) in [6, 6.07) is 15.8. The van der Waals surface area contributed by atoms with Crippen molar-refractivity contribution in [1.29, 1.82) is 5.26 Å². The van der Waals surface area contributed by atoms with E-state index in [4.69, 9.17) is 5.26 Å². The number of amides is 1. The molecule has 3 aromatic rings. The van der Waals surface area contributed by atoms with Gasteiger partial charge in [-0.1, -0.05) is 6.07 Å². The molecule has 0 saturated carbocycles. The van der Waals surface area contributed by atoms with Gasteiger partial charge in [0.05, 0.1) is 22.9 Å². The van der Waals surface area contributed by atoms with Gasteiger partial charge in [-0.25, -0.2) is 4.68 Å². The number of nitrogens with zero attached hydrogens (tertiary/aromatic N) is 5. The maximum atomic E-state index is 13.0. The highest BCUT2D eigenvalue weighted by molar-refractivity contribution is 5.92. The Bertz CT molecular complexity index is 1150. The number of rotatable bonds is 3. The van der Waals surface area contributed by atoms with Crippen LogP contribution in [0, 0.1) is 11.3 Å². The smallest absolute Gasteiger partial charge is 0.370 e. The summed E-state index contributed by atoms with van der Waals surface area (Å²) in [6.45, 7) is 2.46. The van der Waals surface area contributed by atoms with E-state index in [0.717, 1.165) is 30.8 Å². The third-order valence-electron chi connectivity index (χ3n) is 5.39. The van der Waals surface area contributed by atoms with Gasteiger partial charge in [0.25, 0.3) is 5.91 Å². The van der Waals surface area contributed by atoms with E-state index >= 15 is 0 Å². The quantitative estimate of drug-likeness (QED) is 0.616. The van der Waals surface area contributed by atoms with Crippen molar-refractivity contribution in [2.24, 2.45) is 0 Å². The molecule has 9 heteroatoms. The first kappa shape index (κ1) is 21.4. The Morgan fingerprint density at radius 3 is 2.47 bits per heavy atom. The lowest BCUT2D eigenvalue weighted by Crippen LogP contribution is -2.35. The van der Waals surface area contributed by atoms with Crippen molar-refractivity contribution in [3.05, 3.63) is 77.6 Å². The average molecular weight is 439 g/mol. The van der Waals surface area contributed by atoms with Crippen LogP contribution in [-0.2, 0) is 6.18 Å². The van der Waals surface area contributed by atoms with Crippen LogP contribution in [0.3, 0.4) is 0 Å². The van der Waals surface area contributed by atoms with Crippen molar-refractivity contribution < 1.29 is 18.0 Å². The Morgan fingerprint density at radius 1 is 0.969 bits per heavy atom. The summed E-state index contributed by atoms with van der Waals surface area (Å²) in [7, 11) is 0. The summed E-state index contributed by atoms with van der Waals surface area (Å²) in [5.41, 5.74) is 1.24. The van der Waals surface area contributed by atoms with Gasteiger partial charge in [-0.05, 0) is 55.0 Å². The molecule has 0 bridgehead atoms. The standard InChI is InChI=1S/C23H20F3N5O/c24-23(25,26)18-3-1-4-20(15-18)31-12-9-21(28-31)22(32)30-11-2-10-29(13-14-30)19-7-5-17(16-27)6-8-19/h1,3-9,12,15H,2,10-11,13-14H2. The van der Waals surface area contributed by atoms with E-state index in [-0.39, 0.29) is 17.3 Å². The van der Waals surface area contributed by atoms with Gasteiger partial charge < -0.3 is 9.80 Å². The molecule has 0 atom stereocenters. The molecule has 6 nitrogen and oxygen atoms in total. The summed E-state index contributed by atoms with van der Waals surface area (Å²) >= 11 is 0. The molecular weight excluding hydrogens is 419 g/mol. The predicted molar refractivity (Wildman–Crippen MR) is 112 cm³/mol. The summed E-state index contributed by atoms with van der Waals surface area (Å²) < 4.78 is 40.2. The molecule has 1 amide bonds. The van der Waals surface area contributed by atoms with E-state index in [1.165, 1.54) is 29.1 Å². The zero-order valence-electron chi connectivity index (χ0n) is 17.1. The maximum Gasteiger partial charge on any atom is 0.416 e. The van der Waals surface area contributed by atoms with Crippen LogP contribution < -0.4 is 4.90 Å². The number of aromatic nitrogens is 2. The Labute approximate surface area is 183 Å². The summed E-state index contributed by atoms with van der Waals surface area (Å²) in [4.78, 5) is 16.8. The number of hydrogen-bond donors (Lipinski definition) is 0. The van der Waals surface area contributed by atoms with Gasteiger partial charge in [-0.2, -0.15) is 23.5 Å². The van der Waals surface area contributed by atoms with Crippen LogP contribution in [-0.4, -0.2) is 46.8 Å². The topological polar surface area (TPSA) is 65.2 Å². The van der Waals surface area contributed by atoms with Crippen LogP contribution in [0.5, 0.6) is 0 Å². The number of carbonyl (C=O) groups is 1. The van der Waals surface area contributed by atoms with Crippen molar-refractivity contribution in [3.63, 3.8) is 0 Å². The van der Waals surface area contributed by atoms with Gasteiger partial charge in [0, 0.05) is 38.1 Å². The number of nitriles is 1. The van der Waals surface area contributed by atoms with E-state index in [0.29, 0.717) is 25.2 Å². The Kier molecular flexibility index (Phi) is 5.86. The minimum absolute atomic E-state index is 0.189. The maximum absolute atomic E-state index is 13.0. The summed E-state index contributed by atoms with van der Waals surface area (Å²) in [5, 5.41) is 13.2. The molecule has 2 heterocycles. The normalized spacial score (nSPS) is 14.7. The van der Waals surface area contributed by atoms with Gasteiger partial charge in [0.1, 0.15) is 0 Å². The first-order chi connectivity index (χ1) is 15.3. The lowest BCUT2D eigenvalue weighted by atomic mass is 10.2. The fourth-order valence-corrected chi connectivity index (χ4v) is 3.69. The average Bonchev–Trinajstić information content (AvgIpc) is 3.16. The van der Waals surface area contributed by atoms with Gasteiger partial charge >= 0.3 is 6.18 Å². The van der Waals surface area contributed by atoms with E-state index < -0.39 is 11.7 Å². The molecule has 164 valence electrons. The molecule has 4 rings (SSSR count). The molecule has 0 N–H and O–H groups in total. The first-order valence-electron chi connectivity index (χ1n) is 10.1. The number of anilines is 1. The fraction of sp³-hybridized carbons (Fsp3) is 0.261. The third-order valence-corrected chi connectivity index (χ3v) is 5.39. The summed E-state index contributed by atoms with van der Waals surface area (Å²) in [5.74, 6) is -0.252. The van der Waals surface area contributed by atoms with Crippen LogP contribution in [0.1, 0.15) is 28.0 Å². The fourth-order valence-electron chi connectivity index (χ4n) is 3.69. The van der Waals surface area contributed by atoms with Crippen LogP contribution >= 0.6 is 0 Å². The van der Waals surface area contributed by atoms with Gasteiger partial charge in [-0.15, -0.1) is 0 Å². The van der Waals surface area contributed by atoms with Crippen molar-refractivity contribution in [1.82, 2.24) is 14.7 Å². The van der Waals surface area contributed by atoms with Crippen molar-refractivity contribution in [2.45, 2.75) is 12.6 Å². The number of hydrogen-bond acceptors (Lipinski definition) is 4. The zero-order valence-corrected chi connectivity index (χ0v) is 17.1. The highest BCUT2D eigenvalue weighted by Crippen LogP contribution is 2.30. The molecule has 1 aromatic heterocycles. The Hall–Kier alpha value is -3.80. The number of benzene rings is 2. The monoisotopic (exact) mass is 439 g/mol. The highest BCUT2D eigenvalue weighted by Gasteiger charge is 2.30. The van der Waals surface area contributed by atoms with Crippen LogP contribution in [0.15, 0.2) is 60.8 Å². The van der Waals surface area contributed by atoms with Gasteiger partial charge in [0.2, 0.25) is 0 Å². The second kappa shape index (κ2) is 8.75. The van der Waals surface area contributed by atoms with Gasteiger partial charge in [0.15, 0.2) is 5.69 Å². The highest BCUT2D eigenvalue weighted by atomic mass is 19.4. The molecule has 1 aliphatic heterocycles. The van der Waals surface area contributed by atoms with Crippen molar-refractivity contribution in [3.8, 4) is 11.8 Å². The van der Waals surface area contributed by atoms with Crippen LogP contribution in [0.4, 0.5) is 18.9 Å². The molecular formula is C23H20F3N5O. The SMILES string of the molecule is N#Cc1ccc(N2CCCN(C(=O)c3ccn(-c4cccc(C(F)(F)F)c4)n3)CC2)cc1. The second-order valence-electron chi connectivity index (χ2n) is 7.49. The Balaban J connectivity index is 1.45. The largest absolute Gasteiger partial charge is 0.416 e. The lowest BCUT2D eigenvalue weighted by molar-refractivity contribution is -0.137.